The molecule has 0 aliphatic rings. The Morgan fingerprint density at radius 1 is 1.05 bits per heavy atom. The van der Waals surface area contributed by atoms with Crippen LogP contribution in [-0.4, -0.2) is 11.7 Å². The molecule has 0 atom stereocenters. The third-order valence-electron chi connectivity index (χ3n) is 3.08. The zero-order valence-corrected chi connectivity index (χ0v) is 14.5. The number of benzene rings is 2. The molecule has 0 amide bonds. The summed E-state index contributed by atoms with van der Waals surface area (Å²) in [4.78, 5) is 0. The monoisotopic (exact) mass is 397 g/mol. The number of hydrogen-bond donors (Lipinski definition) is 2. The van der Waals surface area contributed by atoms with E-state index in [1.54, 1.807) is 0 Å². The first-order valence-corrected chi connectivity index (χ1v) is 8.08. The standard InChI is InChI=1S/C16H17Br2NO/c1-11-3-2-4-12(7-11)5-6-19-10-13-8-14(17)16(20)15(18)9-13/h2-4,7-9,19-20H,5-6,10H2,1H3. The summed E-state index contributed by atoms with van der Waals surface area (Å²) in [5.74, 6) is 0.244. The lowest BCUT2D eigenvalue weighted by molar-refractivity contribution is 0.468. The third kappa shape index (κ3) is 4.33. The predicted octanol–water partition coefficient (Wildman–Crippen LogP) is 4.56. The van der Waals surface area contributed by atoms with E-state index >= 15 is 0 Å². The van der Waals surface area contributed by atoms with Crippen LogP contribution in [0.25, 0.3) is 0 Å². The second kappa shape index (κ2) is 7.25. The van der Waals surface area contributed by atoms with E-state index < -0.39 is 0 Å². The summed E-state index contributed by atoms with van der Waals surface area (Å²) in [6, 6.07) is 12.4. The maximum atomic E-state index is 9.66. The van der Waals surface area contributed by atoms with E-state index in [2.05, 4.69) is 68.4 Å². The Labute approximate surface area is 136 Å². The van der Waals surface area contributed by atoms with Gasteiger partial charge in [0.05, 0.1) is 8.95 Å². The van der Waals surface area contributed by atoms with E-state index in [0.717, 1.165) is 25.1 Å². The van der Waals surface area contributed by atoms with E-state index in [1.165, 1.54) is 11.1 Å². The van der Waals surface area contributed by atoms with E-state index in [-0.39, 0.29) is 5.75 Å². The molecule has 2 rings (SSSR count). The van der Waals surface area contributed by atoms with Gasteiger partial charge in [-0.1, -0.05) is 29.8 Å². The first-order valence-electron chi connectivity index (χ1n) is 6.49. The second-order valence-corrected chi connectivity index (χ2v) is 6.53. The van der Waals surface area contributed by atoms with Crippen molar-refractivity contribution < 1.29 is 5.11 Å². The number of hydrogen-bond acceptors (Lipinski definition) is 2. The molecule has 2 aromatic rings. The van der Waals surface area contributed by atoms with Gasteiger partial charge in [0.15, 0.2) is 0 Å². The Kier molecular flexibility index (Phi) is 5.64. The van der Waals surface area contributed by atoms with Crippen molar-refractivity contribution in [2.45, 2.75) is 19.9 Å². The maximum Gasteiger partial charge on any atom is 0.143 e. The van der Waals surface area contributed by atoms with Gasteiger partial charge in [0, 0.05) is 6.54 Å². The van der Waals surface area contributed by atoms with Crippen LogP contribution < -0.4 is 5.32 Å². The quantitative estimate of drug-likeness (QED) is 0.723. The summed E-state index contributed by atoms with van der Waals surface area (Å²) in [5.41, 5.74) is 3.78. The summed E-state index contributed by atoms with van der Waals surface area (Å²) >= 11 is 6.69. The molecule has 2 nitrogen and oxygen atoms in total. The molecule has 0 heterocycles. The van der Waals surface area contributed by atoms with Crippen molar-refractivity contribution in [3.8, 4) is 5.75 Å². The van der Waals surface area contributed by atoms with E-state index in [0.29, 0.717) is 8.95 Å². The fourth-order valence-electron chi connectivity index (χ4n) is 2.05. The van der Waals surface area contributed by atoms with Crippen molar-refractivity contribution in [2.75, 3.05) is 6.54 Å². The van der Waals surface area contributed by atoms with Crippen LogP contribution in [0.15, 0.2) is 45.3 Å². The minimum Gasteiger partial charge on any atom is -0.506 e. The lowest BCUT2D eigenvalue weighted by Gasteiger charge is -2.08. The highest BCUT2D eigenvalue weighted by Crippen LogP contribution is 2.33. The first kappa shape index (κ1) is 15.5. The molecule has 106 valence electrons. The van der Waals surface area contributed by atoms with E-state index in [4.69, 9.17) is 0 Å². The minimum absolute atomic E-state index is 0.244. The van der Waals surface area contributed by atoms with Gasteiger partial charge in [-0.15, -0.1) is 0 Å². The zero-order valence-electron chi connectivity index (χ0n) is 11.3. The van der Waals surface area contributed by atoms with Gasteiger partial charge in [-0.25, -0.2) is 0 Å². The van der Waals surface area contributed by atoms with Crippen molar-refractivity contribution in [1.29, 1.82) is 0 Å². The molecule has 0 bridgehead atoms. The molecule has 0 fully saturated rings. The van der Waals surface area contributed by atoms with Gasteiger partial charge in [0.2, 0.25) is 0 Å². The molecule has 0 unspecified atom stereocenters. The molecule has 2 N–H and O–H groups in total. The van der Waals surface area contributed by atoms with Gasteiger partial charge in [0.1, 0.15) is 5.75 Å². The average molecular weight is 399 g/mol. The molecular weight excluding hydrogens is 382 g/mol. The van der Waals surface area contributed by atoms with Crippen molar-refractivity contribution in [3.63, 3.8) is 0 Å². The van der Waals surface area contributed by atoms with Crippen LogP contribution in [-0.2, 0) is 13.0 Å². The minimum atomic E-state index is 0.244. The molecule has 0 saturated heterocycles. The van der Waals surface area contributed by atoms with E-state index in [9.17, 15) is 5.11 Å². The van der Waals surface area contributed by atoms with Gasteiger partial charge in [-0.2, -0.15) is 0 Å². The molecule has 0 aliphatic carbocycles. The molecule has 2 aromatic carbocycles. The predicted molar refractivity (Wildman–Crippen MR) is 90.1 cm³/mol. The maximum absolute atomic E-state index is 9.66. The van der Waals surface area contributed by atoms with Gasteiger partial charge in [-0.05, 0) is 75.0 Å². The Balaban J connectivity index is 1.84. The highest BCUT2D eigenvalue weighted by molar-refractivity contribution is 9.11. The van der Waals surface area contributed by atoms with Crippen molar-refractivity contribution in [2.24, 2.45) is 0 Å². The van der Waals surface area contributed by atoms with Crippen LogP contribution >= 0.6 is 31.9 Å². The third-order valence-corrected chi connectivity index (χ3v) is 4.29. The normalized spacial score (nSPS) is 10.8. The highest BCUT2D eigenvalue weighted by atomic mass is 79.9. The Bertz CT molecular complexity index is 576. The second-order valence-electron chi connectivity index (χ2n) is 4.82. The van der Waals surface area contributed by atoms with Crippen LogP contribution in [0.5, 0.6) is 5.75 Å². The number of aryl methyl sites for hydroxylation is 1. The Hall–Kier alpha value is -0.840. The smallest absolute Gasteiger partial charge is 0.143 e. The molecular formula is C16H17Br2NO. The van der Waals surface area contributed by atoms with Gasteiger partial charge >= 0.3 is 0 Å². The van der Waals surface area contributed by atoms with Crippen LogP contribution in [0.3, 0.4) is 0 Å². The van der Waals surface area contributed by atoms with Crippen LogP contribution in [0.1, 0.15) is 16.7 Å². The van der Waals surface area contributed by atoms with Crippen molar-refractivity contribution >= 4 is 31.9 Å². The fourth-order valence-corrected chi connectivity index (χ4v) is 3.33. The lowest BCUT2D eigenvalue weighted by Crippen LogP contribution is -2.16. The molecule has 0 aromatic heterocycles. The molecule has 0 spiro atoms. The molecule has 20 heavy (non-hydrogen) atoms. The fraction of sp³-hybridized carbons (Fsp3) is 0.250. The lowest BCUT2D eigenvalue weighted by atomic mass is 10.1. The van der Waals surface area contributed by atoms with Gasteiger partial charge < -0.3 is 10.4 Å². The number of phenolic OH excluding ortho intramolecular Hbond substituents is 1. The number of nitrogens with one attached hydrogen (secondary N) is 1. The molecule has 4 heteroatoms. The zero-order chi connectivity index (χ0) is 14.5. The summed E-state index contributed by atoms with van der Waals surface area (Å²) in [7, 11) is 0. The summed E-state index contributed by atoms with van der Waals surface area (Å²) in [6.07, 6.45) is 1.02. The number of halogens is 2. The first-order chi connectivity index (χ1) is 9.56. The topological polar surface area (TPSA) is 32.3 Å². The molecule has 0 saturated carbocycles. The number of phenols is 1. The largest absolute Gasteiger partial charge is 0.506 e. The Morgan fingerprint density at radius 2 is 1.75 bits per heavy atom. The van der Waals surface area contributed by atoms with Gasteiger partial charge in [-0.3, -0.25) is 0 Å². The summed E-state index contributed by atoms with van der Waals surface area (Å²) < 4.78 is 1.42. The van der Waals surface area contributed by atoms with Crippen LogP contribution in [0.2, 0.25) is 0 Å². The molecule has 0 radical (unpaired) electrons. The molecule has 0 aliphatic heterocycles. The van der Waals surface area contributed by atoms with E-state index in [1.807, 2.05) is 12.1 Å². The summed E-state index contributed by atoms with van der Waals surface area (Å²) in [5, 5.41) is 13.1. The van der Waals surface area contributed by atoms with Crippen LogP contribution in [0, 0.1) is 6.92 Å². The average Bonchev–Trinajstić information content (AvgIpc) is 2.41. The SMILES string of the molecule is Cc1cccc(CCNCc2cc(Br)c(O)c(Br)c2)c1. The van der Waals surface area contributed by atoms with Gasteiger partial charge in [0.25, 0.3) is 0 Å². The Morgan fingerprint density at radius 3 is 2.40 bits per heavy atom. The summed E-state index contributed by atoms with van der Waals surface area (Å²) in [6.45, 7) is 3.82. The highest BCUT2D eigenvalue weighted by Gasteiger charge is 2.05. The van der Waals surface area contributed by atoms with Crippen LogP contribution in [0.4, 0.5) is 0 Å². The van der Waals surface area contributed by atoms with Crippen molar-refractivity contribution in [1.82, 2.24) is 5.32 Å². The van der Waals surface area contributed by atoms with Crippen molar-refractivity contribution in [3.05, 3.63) is 62.0 Å². The number of aromatic hydroxyl groups is 1. The number of rotatable bonds is 5.